The third kappa shape index (κ3) is 4.01. The summed E-state index contributed by atoms with van der Waals surface area (Å²) in [6.07, 6.45) is 2.56. The highest BCUT2D eigenvalue weighted by molar-refractivity contribution is 6.22. The minimum absolute atomic E-state index is 0.0448. The lowest BCUT2D eigenvalue weighted by molar-refractivity contribution is 0.331. The molecule has 1 fully saturated rings. The third-order valence-electron chi connectivity index (χ3n) is 5.97. The summed E-state index contributed by atoms with van der Waals surface area (Å²) in [6.45, 7) is 3.31. The lowest BCUT2D eigenvalue weighted by Gasteiger charge is -2.14. The number of nitriles is 1. The van der Waals surface area contributed by atoms with Crippen LogP contribution in [0, 0.1) is 11.3 Å². The Hall–Kier alpha value is -3.88. The van der Waals surface area contributed by atoms with Gasteiger partial charge < -0.3 is 10.1 Å². The molecule has 0 radical (unpaired) electrons. The quantitative estimate of drug-likeness (QED) is 0.418. The van der Waals surface area contributed by atoms with Crippen LogP contribution in [0.4, 0.5) is 5.69 Å². The predicted molar refractivity (Wildman–Crippen MR) is 127 cm³/mol. The zero-order valence-corrected chi connectivity index (χ0v) is 17.8. The maximum absolute atomic E-state index is 10.8. The molecule has 5 nitrogen and oxygen atoms in total. The van der Waals surface area contributed by atoms with Crippen molar-refractivity contribution >= 4 is 22.3 Å². The van der Waals surface area contributed by atoms with Crippen molar-refractivity contribution in [3.63, 3.8) is 0 Å². The van der Waals surface area contributed by atoms with Crippen LogP contribution in [0.2, 0.25) is 0 Å². The first-order valence-electron chi connectivity index (χ1n) is 10.9. The second kappa shape index (κ2) is 8.70. The molecule has 2 N–H and O–H groups in total. The molecule has 1 saturated heterocycles. The third-order valence-corrected chi connectivity index (χ3v) is 5.97. The number of benzene rings is 3. The second-order valence-corrected chi connectivity index (χ2v) is 8.20. The largest absolute Gasteiger partial charge is 0.494 e. The first-order chi connectivity index (χ1) is 15.7. The van der Waals surface area contributed by atoms with Gasteiger partial charge in [0.15, 0.2) is 5.88 Å². The number of hydrogen-bond donors (Lipinski definition) is 2. The number of aliphatic imine (C=N–C) groups is 1. The Bertz CT molecular complexity index is 1310. The highest BCUT2D eigenvalue weighted by atomic mass is 16.3. The molecule has 2 heterocycles. The van der Waals surface area contributed by atoms with Gasteiger partial charge in [-0.3, -0.25) is 4.90 Å². The number of aromatic hydroxyl groups is 1. The van der Waals surface area contributed by atoms with E-state index in [1.165, 1.54) is 31.5 Å². The average molecular weight is 421 g/mol. The van der Waals surface area contributed by atoms with Crippen molar-refractivity contribution in [2.45, 2.75) is 19.4 Å². The van der Waals surface area contributed by atoms with E-state index in [4.69, 9.17) is 4.99 Å². The number of aromatic amines is 1. The van der Waals surface area contributed by atoms with Crippen LogP contribution < -0.4 is 0 Å². The molecule has 3 aromatic carbocycles. The molecule has 158 valence electrons. The molecule has 0 atom stereocenters. The number of nitrogens with zero attached hydrogens (tertiary/aromatic N) is 3. The predicted octanol–water partition coefficient (Wildman–Crippen LogP) is 5.51. The van der Waals surface area contributed by atoms with E-state index in [1.54, 1.807) is 12.1 Å². The fraction of sp³-hybridized carbons (Fsp3) is 0.185. The molecule has 4 aromatic rings. The molecule has 1 aromatic heterocycles. The molecule has 32 heavy (non-hydrogen) atoms. The van der Waals surface area contributed by atoms with E-state index in [2.05, 4.69) is 28.1 Å². The Morgan fingerprint density at radius 3 is 2.47 bits per heavy atom. The number of aromatic nitrogens is 1. The molecule has 0 aliphatic carbocycles. The van der Waals surface area contributed by atoms with Crippen LogP contribution in [0.15, 0.2) is 77.8 Å². The molecular formula is C27H24N4O. The van der Waals surface area contributed by atoms with Crippen molar-refractivity contribution in [3.05, 3.63) is 95.1 Å². The summed E-state index contributed by atoms with van der Waals surface area (Å²) in [4.78, 5) is 10.5. The van der Waals surface area contributed by atoms with Crippen molar-refractivity contribution in [1.29, 1.82) is 5.26 Å². The van der Waals surface area contributed by atoms with E-state index in [0.717, 1.165) is 28.7 Å². The second-order valence-electron chi connectivity index (χ2n) is 8.20. The van der Waals surface area contributed by atoms with E-state index in [9.17, 15) is 10.4 Å². The Morgan fingerprint density at radius 1 is 1.00 bits per heavy atom. The van der Waals surface area contributed by atoms with E-state index >= 15 is 0 Å². The molecule has 1 aliphatic rings. The molecule has 0 amide bonds. The lowest BCUT2D eigenvalue weighted by atomic mass is 10.00. The van der Waals surface area contributed by atoms with Crippen LogP contribution in [-0.2, 0) is 6.54 Å². The smallest absolute Gasteiger partial charge is 0.199 e. The number of hydrogen-bond acceptors (Lipinski definition) is 4. The van der Waals surface area contributed by atoms with Crippen LogP contribution in [0.1, 0.15) is 35.1 Å². The van der Waals surface area contributed by atoms with Crippen LogP contribution in [-0.4, -0.2) is 33.8 Å². The molecule has 0 unspecified atom stereocenters. The number of fused-ring (bicyclic) bond motifs is 1. The van der Waals surface area contributed by atoms with E-state index in [-0.39, 0.29) is 5.88 Å². The molecule has 5 heteroatoms. The van der Waals surface area contributed by atoms with Gasteiger partial charge >= 0.3 is 0 Å². The molecule has 0 saturated carbocycles. The van der Waals surface area contributed by atoms with Gasteiger partial charge in [-0.25, -0.2) is 4.99 Å². The van der Waals surface area contributed by atoms with Crippen LogP contribution in [0.25, 0.3) is 10.9 Å². The maximum Gasteiger partial charge on any atom is 0.199 e. The Labute approximate surface area is 187 Å². The van der Waals surface area contributed by atoms with Crippen LogP contribution in [0.3, 0.4) is 0 Å². The molecular weight excluding hydrogens is 396 g/mol. The Morgan fingerprint density at radius 2 is 1.75 bits per heavy atom. The first kappa shape index (κ1) is 20.0. The first-order valence-corrected chi connectivity index (χ1v) is 10.9. The van der Waals surface area contributed by atoms with Gasteiger partial charge in [-0.15, -0.1) is 0 Å². The zero-order chi connectivity index (χ0) is 21.9. The van der Waals surface area contributed by atoms with Gasteiger partial charge in [-0.05, 0) is 61.8 Å². The van der Waals surface area contributed by atoms with Crippen molar-refractivity contribution in [3.8, 4) is 11.9 Å². The normalized spacial score (nSPS) is 14.7. The van der Waals surface area contributed by atoms with Crippen LogP contribution >= 0.6 is 0 Å². The van der Waals surface area contributed by atoms with Gasteiger partial charge in [-0.1, -0.05) is 42.5 Å². The summed E-state index contributed by atoms with van der Waals surface area (Å²) in [6, 6.07) is 25.7. The summed E-state index contributed by atoms with van der Waals surface area (Å²) >= 11 is 0. The molecule has 1 aliphatic heterocycles. The molecule has 0 spiro atoms. The fourth-order valence-corrected chi connectivity index (χ4v) is 4.35. The van der Waals surface area contributed by atoms with Crippen molar-refractivity contribution in [2.75, 3.05) is 13.1 Å². The van der Waals surface area contributed by atoms with Gasteiger partial charge in [-0.2, -0.15) is 5.26 Å². The number of likely N-dealkylation sites (tertiary alicyclic amines) is 1. The molecule has 0 bridgehead atoms. The summed E-state index contributed by atoms with van der Waals surface area (Å²) < 4.78 is 0. The summed E-state index contributed by atoms with van der Waals surface area (Å²) in [5.41, 5.74) is 5.56. The minimum atomic E-state index is 0.0448. The van der Waals surface area contributed by atoms with Crippen molar-refractivity contribution in [2.24, 2.45) is 4.99 Å². The Kier molecular flexibility index (Phi) is 5.45. The molecule has 5 rings (SSSR count). The lowest BCUT2D eigenvalue weighted by Crippen LogP contribution is -2.18. The summed E-state index contributed by atoms with van der Waals surface area (Å²) in [5, 5.41) is 20.9. The van der Waals surface area contributed by atoms with Gasteiger partial charge in [0.2, 0.25) is 0 Å². The van der Waals surface area contributed by atoms with Crippen LogP contribution in [0.5, 0.6) is 5.88 Å². The topological polar surface area (TPSA) is 75.4 Å². The SMILES string of the molecule is N#Cc1ccc2[nH]c(O)c(C(=Nc3ccc(CN4CCCC4)cc3)c3ccccc3)c2c1. The fourth-order valence-electron chi connectivity index (χ4n) is 4.35. The minimum Gasteiger partial charge on any atom is -0.494 e. The van der Waals surface area contributed by atoms with Gasteiger partial charge in [0.05, 0.1) is 28.6 Å². The highest BCUT2D eigenvalue weighted by Gasteiger charge is 2.19. The zero-order valence-electron chi connectivity index (χ0n) is 17.8. The van der Waals surface area contributed by atoms with Crippen molar-refractivity contribution in [1.82, 2.24) is 9.88 Å². The number of H-pyrrole nitrogens is 1. The van der Waals surface area contributed by atoms with Crippen molar-refractivity contribution < 1.29 is 5.11 Å². The monoisotopic (exact) mass is 420 g/mol. The maximum atomic E-state index is 10.8. The van der Waals surface area contributed by atoms with E-state index in [1.807, 2.05) is 48.5 Å². The number of nitrogens with one attached hydrogen (secondary N) is 1. The number of rotatable bonds is 5. The summed E-state index contributed by atoms with van der Waals surface area (Å²) in [5.74, 6) is 0.0448. The van der Waals surface area contributed by atoms with E-state index < -0.39 is 0 Å². The summed E-state index contributed by atoms with van der Waals surface area (Å²) in [7, 11) is 0. The van der Waals surface area contributed by atoms with E-state index in [0.29, 0.717) is 16.8 Å². The van der Waals surface area contributed by atoms with Gasteiger partial charge in [0.1, 0.15) is 0 Å². The highest BCUT2D eigenvalue weighted by Crippen LogP contribution is 2.32. The standard InChI is InChI=1S/C27H24N4O/c28-17-20-10-13-24-23(16-20)25(27(32)30-24)26(21-6-2-1-3-7-21)29-22-11-8-19(9-12-22)18-31-14-4-5-15-31/h1-3,6-13,16,30,32H,4-5,14-15,18H2. The van der Waals surface area contributed by atoms with Gasteiger partial charge in [0, 0.05) is 23.0 Å². The average Bonchev–Trinajstić information content (AvgIpc) is 3.45. The Balaban J connectivity index is 1.58. The van der Waals surface area contributed by atoms with Gasteiger partial charge in [0.25, 0.3) is 0 Å².